The minimum absolute atomic E-state index is 0.815. The highest BCUT2D eigenvalue weighted by atomic mass is 35.7. The largest absolute Gasteiger partial charge is 0.251 e. The molecule has 6 heteroatoms. The standard InChI is InChI=1S/C6H14Cl4Si2/c1-3-4-12(9,10)6-5-11(2,7)8/h3-6H2,1-2H3. The van der Waals surface area contributed by atoms with Crippen LogP contribution in [0.1, 0.15) is 13.3 Å². The minimum Gasteiger partial charge on any atom is -0.146 e. The molecule has 0 atom stereocenters. The van der Waals surface area contributed by atoms with E-state index in [9.17, 15) is 0 Å². The minimum atomic E-state index is -2.00. The van der Waals surface area contributed by atoms with Gasteiger partial charge in [0.1, 0.15) is 0 Å². The molecule has 0 aliphatic heterocycles. The van der Waals surface area contributed by atoms with Gasteiger partial charge in [0.2, 0.25) is 6.69 Å². The molecule has 0 heterocycles. The molecular weight excluding hydrogens is 270 g/mol. The van der Waals surface area contributed by atoms with Gasteiger partial charge in [0.05, 0.1) is 0 Å². The quantitative estimate of drug-likeness (QED) is 0.499. The third-order valence-corrected chi connectivity index (χ3v) is 8.79. The van der Waals surface area contributed by atoms with Crippen molar-refractivity contribution in [3.05, 3.63) is 0 Å². The molecule has 0 aromatic carbocycles. The lowest BCUT2D eigenvalue weighted by Crippen LogP contribution is -2.23. The Balaban J connectivity index is 3.75. The Labute approximate surface area is 95.4 Å². The van der Waals surface area contributed by atoms with Gasteiger partial charge >= 0.3 is 0 Å². The first kappa shape index (κ1) is 13.6. The van der Waals surface area contributed by atoms with Crippen molar-refractivity contribution in [3.63, 3.8) is 0 Å². The molecule has 0 radical (unpaired) electrons. The van der Waals surface area contributed by atoms with E-state index in [2.05, 4.69) is 6.92 Å². The van der Waals surface area contributed by atoms with Crippen LogP contribution < -0.4 is 0 Å². The van der Waals surface area contributed by atoms with E-state index >= 15 is 0 Å². The maximum atomic E-state index is 6.15. The molecule has 0 bridgehead atoms. The Bertz CT molecular complexity index is 132. The number of hydrogen-bond acceptors (Lipinski definition) is 0. The van der Waals surface area contributed by atoms with Crippen LogP contribution >= 0.6 is 44.3 Å². The Morgan fingerprint density at radius 3 is 1.75 bits per heavy atom. The van der Waals surface area contributed by atoms with E-state index in [0.29, 0.717) is 0 Å². The maximum absolute atomic E-state index is 6.15. The number of rotatable bonds is 5. The van der Waals surface area contributed by atoms with Crippen molar-refractivity contribution in [2.45, 2.75) is 38.0 Å². The summed E-state index contributed by atoms with van der Waals surface area (Å²) in [6, 6.07) is 2.59. The first-order chi connectivity index (χ1) is 5.27. The lowest BCUT2D eigenvalue weighted by Gasteiger charge is -2.18. The second-order valence-electron chi connectivity index (χ2n) is 3.18. The Morgan fingerprint density at radius 1 is 0.917 bits per heavy atom. The van der Waals surface area contributed by atoms with E-state index in [-0.39, 0.29) is 0 Å². The normalized spacial score (nSPS) is 13.5. The van der Waals surface area contributed by atoms with E-state index < -0.39 is 13.4 Å². The fourth-order valence-corrected chi connectivity index (χ4v) is 9.63. The second-order valence-corrected chi connectivity index (χ2v) is 19.0. The smallest absolute Gasteiger partial charge is 0.146 e. The highest BCUT2D eigenvalue weighted by Crippen LogP contribution is 2.33. The van der Waals surface area contributed by atoms with E-state index in [4.69, 9.17) is 44.3 Å². The highest BCUT2D eigenvalue weighted by molar-refractivity contribution is 7.48. The highest BCUT2D eigenvalue weighted by Gasteiger charge is 2.31. The topological polar surface area (TPSA) is 0 Å². The fourth-order valence-electron chi connectivity index (χ4n) is 0.893. The molecule has 0 nitrogen and oxygen atoms in total. The maximum Gasteiger partial charge on any atom is 0.251 e. The summed E-state index contributed by atoms with van der Waals surface area (Å²) in [5.74, 6) is 0. The summed E-state index contributed by atoms with van der Waals surface area (Å²) in [6.07, 6.45) is 1.04. The van der Waals surface area contributed by atoms with Crippen LogP contribution in [0.5, 0.6) is 0 Å². The molecular formula is C6H14Cl4Si2. The summed E-state index contributed by atoms with van der Waals surface area (Å²) in [5.41, 5.74) is 0. The molecule has 0 aliphatic rings. The predicted octanol–water partition coefficient (Wildman–Crippen LogP) is 4.87. The van der Waals surface area contributed by atoms with Crippen LogP contribution in [0.4, 0.5) is 0 Å². The molecule has 0 aromatic rings. The lowest BCUT2D eigenvalue weighted by molar-refractivity contribution is 1.06. The van der Waals surface area contributed by atoms with Crippen LogP contribution in [0.15, 0.2) is 0 Å². The van der Waals surface area contributed by atoms with Gasteiger partial charge in [-0.05, 0) is 24.7 Å². The molecule has 12 heavy (non-hydrogen) atoms. The summed E-state index contributed by atoms with van der Waals surface area (Å²) in [7, 11) is 0. The average Bonchev–Trinajstić information content (AvgIpc) is 1.83. The third kappa shape index (κ3) is 8.20. The molecule has 0 amide bonds. The molecule has 0 aliphatic carbocycles. The summed E-state index contributed by atoms with van der Waals surface area (Å²) < 4.78 is 0. The zero-order chi connectivity index (χ0) is 9.83. The molecule has 0 saturated carbocycles. The van der Waals surface area contributed by atoms with Gasteiger partial charge < -0.3 is 0 Å². The van der Waals surface area contributed by atoms with E-state index in [1.54, 1.807) is 0 Å². The molecule has 74 valence electrons. The molecule has 0 spiro atoms. The monoisotopic (exact) mass is 282 g/mol. The molecule has 0 fully saturated rings. The van der Waals surface area contributed by atoms with Crippen LogP contribution in [0.2, 0.25) is 24.7 Å². The van der Waals surface area contributed by atoms with Gasteiger partial charge in [0.25, 0.3) is 6.69 Å². The zero-order valence-corrected chi connectivity index (χ0v) is 12.4. The summed E-state index contributed by atoms with van der Waals surface area (Å²) >= 11 is 24.2. The summed E-state index contributed by atoms with van der Waals surface area (Å²) in [6.45, 7) is 0.00233. The zero-order valence-electron chi connectivity index (χ0n) is 7.34. The van der Waals surface area contributed by atoms with Gasteiger partial charge in [0.15, 0.2) is 0 Å². The second kappa shape index (κ2) is 5.47. The van der Waals surface area contributed by atoms with Crippen molar-refractivity contribution in [1.29, 1.82) is 0 Å². The van der Waals surface area contributed by atoms with Crippen LogP contribution in [-0.2, 0) is 0 Å². The average molecular weight is 284 g/mol. The molecule has 0 rings (SSSR count). The lowest BCUT2D eigenvalue weighted by atomic mass is 10.6. The first-order valence-electron chi connectivity index (χ1n) is 4.02. The van der Waals surface area contributed by atoms with E-state index in [0.717, 1.165) is 24.6 Å². The summed E-state index contributed by atoms with van der Waals surface area (Å²) in [4.78, 5) is 0. The Kier molecular flexibility index (Phi) is 6.20. The van der Waals surface area contributed by atoms with Gasteiger partial charge in [-0.1, -0.05) is 13.3 Å². The van der Waals surface area contributed by atoms with Gasteiger partial charge in [-0.3, -0.25) is 0 Å². The van der Waals surface area contributed by atoms with Crippen molar-refractivity contribution in [1.82, 2.24) is 0 Å². The molecule has 0 unspecified atom stereocenters. The number of halogens is 4. The SMILES string of the molecule is CCC[Si](Cl)(Cl)CC[Si](C)(Cl)Cl. The van der Waals surface area contributed by atoms with Gasteiger partial charge in [-0.25, -0.2) is 0 Å². The Morgan fingerprint density at radius 2 is 1.42 bits per heavy atom. The Hall–Kier alpha value is 1.59. The number of hydrogen-bond donors (Lipinski definition) is 0. The third-order valence-electron chi connectivity index (χ3n) is 1.55. The van der Waals surface area contributed by atoms with Crippen LogP contribution in [-0.4, -0.2) is 13.4 Å². The van der Waals surface area contributed by atoms with Gasteiger partial charge in [0, 0.05) is 0 Å². The van der Waals surface area contributed by atoms with Crippen molar-refractivity contribution in [2.75, 3.05) is 0 Å². The van der Waals surface area contributed by atoms with Crippen LogP contribution in [0, 0.1) is 0 Å². The molecule has 0 aromatic heterocycles. The van der Waals surface area contributed by atoms with E-state index in [1.807, 2.05) is 6.55 Å². The van der Waals surface area contributed by atoms with Crippen molar-refractivity contribution < 1.29 is 0 Å². The predicted molar refractivity (Wildman–Crippen MR) is 65.5 cm³/mol. The van der Waals surface area contributed by atoms with Crippen LogP contribution in [0.25, 0.3) is 0 Å². The first-order valence-corrected chi connectivity index (χ1v) is 13.2. The van der Waals surface area contributed by atoms with Gasteiger partial charge in [-0.2, -0.15) is 0 Å². The van der Waals surface area contributed by atoms with Crippen molar-refractivity contribution in [3.8, 4) is 0 Å². The van der Waals surface area contributed by atoms with Gasteiger partial charge in [-0.15, -0.1) is 44.3 Å². The molecule has 0 N–H and O–H groups in total. The van der Waals surface area contributed by atoms with Crippen LogP contribution in [0.3, 0.4) is 0 Å². The molecule has 0 saturated heterocycles. The van der Waals surface area contributed by atoms with E-state index in [1.165, 1.54) is 0 Å². The van der Waals surface area contributed by atoms with Crippen molar-refractivity contribution in [2.24, 2.45) is 0 Å². The fraction of sp³-hybridized carbons (Fsp3) is 1.00. The summed E-state index contributed by atoms with van der Waals surface area (Å²) in [5, 5.41) is 0. The van der Waals surface area contributed by atoms with Crippen molar-refractivity contribution >= 4 is 57.7 Å².